The number of carbonyl (C=O) groups is 1. The van der Waals surface area contributed by atoms with E-state index in [9.17, 15) is 4.79 Å². The van der Waals surface area contributed by atoms with Crippen molar-refractivity contribution in [1.82, 2.24) is 0 Å². The molecule has 1 rings (SSSR count). The van der Waals surface area contributed by atoms with Gasteiger partial charge in [-0.2, -0.15) is 0 Å². The van der Waals surface area contributed by atoms with E-state index in [-0.39, 0.29) is 12.1 Å². The molecule has 0 aromatic carbocycles. The first-order valence-electron chi connectivity index (χ1n) is 6.52. The fourth-order valence-electron chi connectivity index (χ4n) is 1.60. The van der Waals surface area contributed by atoms with Crippen LogP contribution in [0, 0.1) is 0 Å². The molecule has 1 heterocycles. The molecule has 1 aliphatic heterocycles. The minimum Gasteiger partial charge on any atom is -0.353 e. The van der Waals surface area contributed by atoms with E-state index >= 15 is 0 Å². The van der Waals surface area contributed by atoms with Crippen LogP contribution < -0.4 is 0 Å². The highest BCUT2D eigenvalue weighted by molar-refractivity contribution is 5.87. The quantitative estimate of drug-likeness (QED) is 0.395. The van der Waals surface area contributed by atoms with Crippen molar-refractivity contribution in [1.29, 1.82) is 0 Å². The third kappa shape index (κ3) is 7.98. The molecule has 1 saturated heterocycles. The van der Waals surface area contributed by atoms with Crippen molar-refractivity contribution < 1.29 is 14.3 Å². The van der Waals surface area contributed by atoms with Crippen molar-refractivity contribution in [3.05, 3.63) is 36.5 Å². The van der Waals surface area contributed by atoms with Gasteiger partial charge in [0.05, 0.1) is 6.61 Å². The van der Waals surface area contributed by atoms with Gasteiger partial charge in [-0.25, -0.2) is 0 Å². The molecule has 3 heteroatoms. The zero-order chi connectivity index (χ0) is 13.1. The molecule has 0 saturated carbocycles. The molecule has 1 aliphatic rings. The summed E-state index contributed by atoms with van der Waals surface area (Å²) in [7, 11) is 0. The third-order valence-corrected chi connectivity index (χ3v) is 2.53. The molecule has 1 atom stereocenters. The first-order chi connectivity index (χ1) is 8.79. The number of ketones is 1. The Morgan fingerprint density at radius 1 is 1.28 bits per heavy atom. The second kappa shape index (κ2) is 9.80. The zero-order valence-corrected chi connectivity index (χ0v) is 11.0. The molecule has 0 amide bonds. The molecule has 18 heavy (non-hydrogen) atoms. The van der Waals surface area contributed by atoms with Crippen molar-refractivity contribution in [3.63, 3.8) is 0 Å². The van der Waals surface area contributed by atoms with Gasteiger partial charge in [-0.15, -0.1) is 0 Å². The molecule has 0 aromatic heterocycles. The maximum Gasteiger partial charge on any atom is 0.157 e. The lowest BCUT2D eigenvalue weighted by Gasteiger charge is -2.22. The van der Waals surface area contributed by atoms with Gasteiger partial charge in [0.1, 0.15) is 0 Å². The number of carbonyl (C=O) groups excluding carboxylic acids is 1. The Balaban J connectivity index is 2.01. The van der Waals surface area contributed by atoms with Crippen LogP contribution in [0.1, 0.15) is 32.6 Å². The average molecular weight is 250 g/mol. The molecule has 0 bridgehead atoms. The van der Waals surface area contributed by atoms with Crippen LogP contribution in [-0.4, -0.2) is 25.3 Å². The van der Waals surface area contributed by atoms with Gasteiger partial charge < -0.3 is 9.47 Å². The van der Waals surface area contributed by atoms with Gasteiger partial charge >= 0.3 is 0 Å². The van der Waals surface area contributed by atoms with E-state index in [1.54, 1.807) is 6.08 Å². The van der Waals surface area contributed by atoms with Gasteiger partial charge in [0.15, 0.2) is 12.1 Å². The SMILES string of the molecule is CC(=O)/C=C/C=C/C=C/CCOC1CCCCO1. The highest BCUT2D eigenvalue weighted by Gasteiger charge is 2.12. The van der Waals surface area contributed by atoms with Gasteiger partial charge in [-0.3, -0.25) is 4.79 Å². The highest BCUT2D eigenvalue weighted by atomic mass is 16.7. The summed E-state index contributed by atoms with van der Waals surface area (Å²) in [4.78, 5) is 10.6. The van der Waals surface area contributed by atoms with Gasteiger partial charge in [-0.1, -0.05) is 30.4 Å². The lowest BCUT2D eigenvalue weighted by molar-refractivity contribution is -0.161. The fourth-order valence-corrected chi connectivity index (χ4v) is 1.60. The highest BCUT2D eigenvalue weighted by Crippen LogP contribution is 2.13. The Hall–Kier alpha value is -1.19. The van der Waals surface area contributed by atoms with E-state index < -0.39 is 0 Å². The summed E-state index contributed by atoms with van der Waals surface area (Å²) in [5.41, 5.74) is 0. The molecular formula is C15H22O3. The molecule has 3 nitrogen and oxygen atoms in total. The Morgan fingerprint density at radius 3 is 2.83 bits per heavy atom. The van der Waals surface area contributed by atoms with Gasteiger partial charge in [0, 0.05) is 6.61 Å². The van der Waals surface area contributed by atoms with Crippen LogP contribution in [0.25, 0.3) is 0 Å². The second-order valence-electron chi connectivity index (χ2n) is 4.24. The van der Waals surface area contributed by atoms with E-state index in [2.05, 4.69) is 0 Å². The topological polar surface area (TPSA) is 35.5 Å². The summed E-state index contributed by atoms with van der Waals surface area (Å²) in [6.07, 6.45) is 15.2. The summed E-state index contributed by atoms with van der Waals surface area (Å²) in [5, 5.41) is 0. The number of allylic oxidation sites excluding steroid dienone is 5. The molecule has 100 valence electrons. The van der Waals surface area contributed by atoms with Crippen molar-refractivity contribution in [2.45, 2.75) is 38.9 Å². The van der Waals surface area contributed by atoms with E-state index in [0.717, 1.165) is 25.9 Å². The predicted octanol–water partition coefficient (Wildman–Crippen LogP) is 3.18. The Morgan fingerprint density at radius 2 is 2.11 bits per heavy atom. The molecule has 0 N–H and O–H groups in total. The molecule has 0 spiro atoms. The Labute approximate surface area is 109 Å². The van der Waals surface area contributed by atoms with Crippen molar-refractivity contribution in [3.8, 4) is 0 Å². The molecule has 0 radical (unpaired) electrons. The van der Waals surface area contributed by atoms with E-state index in [1.165, 1.54) is 19.4 Å². The van der Waals surface area contributed by atoms with Crippen molar-refractivity contribution >= 4 is 5.78 Å². The first kappa shape index (κ1) is 14.9. The van der Waals surface area contributed by atoms with E-state index in [0.29, 0.717) is 6.61 Å². The first-order valence-corrected chi connectivity index (χ1v) is 6.52. The summed E-state index contributed by atoms with van der Waals surface area (Å²) in [5.74, 6) is 0.0597. The van der Waals surface area contributed by atoms with Crippen LogP contribution in [0.4, 0.5) is 0 Å². The standard InChI is InChI=1S/C15H22O3/c1-14(16)10-6-4-2-3-5-8-12-17-15-11-7-9-13-18-15/h2-6,10,15H,7-9,11-13H2,1H3/b4-2+,5-3+,10-6+. The normalized spacial score (nSPS) is 21.3. The molecule has 0 aliphatic carbocycles. The predicted molar refractivity (Wildman–Crippen MR) is 72.3 cm³/mol. The van der Waals surface area contributed by atoms with Crippen LogP contribution in [0.2, 0.25) is 0 Å². The van der Waals surface area contributed by atoms with Crippen LogP contribution in [0.15, 0.2) is 36.5 Å². The minimum atomic E-state index is 0.00110. The van der Waals surface area contributed by atoms with Gasteiger partial charge in [0.25, 0.3) is 0 Å². The maximum atomic E-state index is 10.6. The number of rotatable bonds is 7. The van der Waals surface area contributed by atoms with Crippen LogP contribution in [-0.2, 0) is 14.3 Å². The van der Waals surface area contributed by atoms with E-state index in [4.69, 9.17) is 9.47 Å². The number of hydrogen-bond acceptors (Lipinski definition) is 3. The lowest BCUT2D eigenvalue weighted by atomic mass is 10.2. The fraction of sp³-hybridized carbons (Fsp3) is 0.533. The molecule has 1 unspecified atom stereocenters. The lowest BCUT2D eigenvalue weighted by Crippen LogP contribution is -2.22. The average Bonchev–Trinajstić information content (AvgIpc) is 2.37. The Kier molecular flexibility index (Phi) is 8.10. The minimum absolute atomic E-state index is 0.00110. The molecular weight excluding hydrogens is 228 g/mol. The third-order valence-electron chi connectivity index (χ3n) is 2.53. The summed E-state index contributed by atoms with van der Waals surface area (Å²) < 4.78 is 11.0. The largest absolute Gasteiger partial charge is 0.353 e. The van der Waals surface area contributed by atoms with Gasteiger partial charge in [0.2, 0.25) is 0 Å². The van der Waals surface area contributed by atoms with Crippen LogP contribution in [0.3, 0.4) is 0 Å². The monoisotopic (exact) mass is 250 g/mol. The zero-order valence-electron chi connectivity index (χ0n) is 11.0. The summed E-state index contributed by atoms with van der Waals surface area (Å²) in [6.45, 7) is 3.05. The number of hydrogen-bond donors (Lipinski definition) is 0. The van der Waals surface area contributed by atoms with Crippen molar-refractivity contribution in [2.24, 2.45) is 0 Å². The molecule has 1 fully saturated rings. The summed E-state index contributed by atoms with van der Waals surface area (Å²) in [6, 6.07) is 0. The van der Waals surface area contributed by atoms with Crippen molar-refractivity contribution in [2.75, 3.05) is 13.2 Å². The van der Waals surface area contributed by atoms with Crippen LogP contribution in [0.5, 0.6) is 0 Å². The second-order valence-corrected chi connectivity index (χ2v) is 4.24. The summed E-state index contributed by atoms with van der Waals surface area (Å²) >= 11 is 0. The van der Waals surface area contributed by atoms with Gasteiger partial charge in [-0.05, 0) is 38.7 Å². The smallest absolute Gasteiger partial charge is 0.157 e. The number of ether oxygens (including phenoxy) is 2. The molecule has 0 aromatic rings. The Bertz CT molecular complexity index is 310. The maximum absolute atomic E-state index is 10.6. The van der Waals surface area contributed by atoms with Crippen LogP contribution >= 0.6 is 0 Å². The van der Waals surface area contributed by atoms with E-state index in [1.807, 2.05) is 24.3 Å².